The monoisotopic (exact) mass is 80.0 g/mol. The normalized spacial score (nSPS) is 2.00. The fourth-order valence-electron chi connectivity index (χ4n) is 0. The zero-order valence-electron chi connectivity index (χ0n) is 4.08. The van der Waals surface area contributed by atoms with Gasteiger partial charge in [-0.2, -0.15) is 0 Å². The summed E-state index contributed by atoms with van der Waals surface area (Å²) in [6.45, 7) is 1.65. The van der Waals surface area contributed by atoms with Gasteiger partial charge >= 0.3 is 51.4 Å². The van der Waals surface area contributed by atoms with Crippen molar-refractivity contribution < 1.29 is 52.8 Å². The van der Waals surface area contributed by atoms with Gasteiger partial charge in [0.2, 0.25) is 0 Å². The van der Waals surface area contributed by atoms with E-state index in [0.717, 1.165) is 0 Å². The average molecular weight is 80.2 g/mol. The standard InChI is InChI=1S/C3H4.K.H/c1-3-2;;/h1H,2H3;;/q;+1;-1. The average Bonchev–Trinajstić information content (AvgIpc) is 0.918. The van der Waals surface area contributed by atoms with E-state index in [-0.39, 0.29) is 52.8 Å². The Morgan fingerprint density at radius 3 is 2.00 bits per heavy atom. The Hall–Kier alpha value is 1.20. The van der Waals surface area contributed by atoms with E-state index in [4.69, 9.17) is 0 Å². The molecule has 0 fully saturated rings. The van der Waals surface area contributed by atoms with Gasteiger partial charge in [-0.3, -0.25) is 0 Å². The van der Waals surface area contributed by atoms with Crippen molar-refractivity contribution in [3.05, 3.63) is 0 Å². The van der Waals surface area contributed by atoms with Crippen molar-refractivity contribution in [3.63, 3.8) is 0 Å². The van der Waals surface area contributed by atoms with E-state index in [9.17, 15) is 0 Å². The second kappa shape index (κ2) is 8.89. The summed E-state index contributed by atoms with van der Waals surface area (Å²) < 4.78 is 0. The molecule has 0 aromatic carbocycles. The molecule has 0 aliphatic heterocycles. The van der Waals surface area contributed by atoms with E-state index in [1.807, 2.05) is 0 Å². The summed E-state index contributed by atoms with van der Waals surface area (Å²) in [6, 6.07) is 0. The minimum Gasteiger partial charge on any atom is -1.00 e. The molecule has 0 aromatic rings. The predicted molar refractivity (Wildman–Crippen MR) is 15.6 cm³/mol. The summed E-state index contributed by atoms with van der Waals surface area (Å²) in [4.78, 5) is 0. The van der Waals surface area contributed by atoms with Crippen molar-refractivity contribution in [1.29, 1.82) is 0 Å². The third kappa shape index (κ3) is 10.8. The van der Waals surface area contributed by atoms with Gasteiger partial charge in [0.25, 0.3) is 0 Å². The second-order valence-electron chi connectivity index (χ2n) is 0.289. The molecular formula is C3H5K. The molecule has 0 rings (SSSR count). The number of hydrogen-bond acceptors (Lipinski definition) is 0. The Balaban J connectivity index is -0.0000000200. The number of terminal acetylenes is 1. The SMILES string of the molecule is C#CC.[H-].[K+]. The smallest absolute Gasteiger partial charge is 1.00 e. The van der Waals surface area contributed by atoms with Crippen molar-refractivity contribution >= 4 is 0 Å². The van der Waals surface area contributed by atoms with E-state index >= 15 is 0 Å². The van der Waals surface area contributed by atoms with Gasteiger partial charge in [-0.15, -0.1) is 12.3 Å². The van der Waals surface area contributed by atoms with Crippen molar-refractivity contribution in [2.75, 3.05) is 0 Å². The molecule has 18 valence electrons. The second-order valence-corrected chi connectivity index (χ2v) is 0.289. The molecule has 0 atom stereocenters. The molecule has 0 aliphatic rings. The first kappa shape index (κ1) is 8.96. The molecule has 0 saturated heterocycles. The molecule has 0 aromatic heterocycles. The van der Waals surface area contributed by atoms with Crippen molar-refractivity contribution in [2.24, 2.45) is 0 Å². The fraction of sp³-hybridized carbons (Fsp3) is 0.333. The van der Waals surface area contributed by atoms with Crippen LogP contribution in [0.15, 0.2) is 0 Å². The van der Waals surface area contributed by atoms with Gasteiger partial charge < -0.3 is 1.43 Å². The zero-order valence-corrected chi connectivity index (χ0v) is 6.20. The van der Waals surface area contributed by atoms with E-state index in [1.165, 1.54) is 0 Å². The van der Waals surface area contributed by atoms with Gasteiger partial charge in [-0.1, -0.05) is 0 Å². The summed E-state index contributed by atoms with van der Waals surface area (Å²) in [6.07, 6.45) is 4.60. The third-order valence-electron chi connectivity index (χ3n) is 0. The van der Waals surface area contributed by atoms with Crippen LogP contribution in [-0.4, -0.2) is 0 Å². The van der Waals surface area contributed by atoms with Gasteiger partial charge in [0, 0.05) is 0 Å². The number of rotatable bonds is 0. The van der Waals surface area contributed by atoms with Gasteiger partial charge in [0.1, 0.15) is 0 Å². The molecule has 0 aliphatic carbocycles. The van der Waals surface area contributed by atoms with E-state index < -0.39 is 0 Å². The molecule has 0 unspecified atom stereocenters. The number of hydrogen-bond donors (Lipinski definition) is 0. The van der Waals surface area contributed by atoms with Crippen LogP contribution in [0.5, 0.6) is 0 Å². The Labute approximate surface area is 70.9 Å². The Morgan fingerprint density at radius 1 is 2.00 bits per heavy atom. The first-order valence-corrected chi connectivity index (χ1v) is 0.789. The molecular weight excluding hydrogens is 75.1 g/mol. The summed E-state index contributed by atoms with van der Waals surface area (Å²) in [7, 11) is 0. The van der Waals surface area contributed by atoms with Crippen LogP contribution in [0.2, 0.25) is 0 Å². The van der Waals surface area contributed by atoms with Gasteiger partial charge in [-0.25, -0.2) is 0 Å². The maximum absolute atomic E-state index is 4.60. The quantitative estimate of drug-likeness (QED) is 0.228. The zero-order chi connectivity index (χ0) is 2.71. The van der Waals surface area contributed by atoms with Crippen LogP contribution in [-0.2, 0) is 0 Å². The first-order valence-electron chi connectivity index (χ1n) is 0.789. The summed E-state index contributed by atoms with van der Waals surface area (Å²) in [5, 5.41) is 0. The molecule has 0 nitrogen and oxygen atoms in total. The van der Waals surface area contributed by atoms with Crippen LogP contribution in [0.3, 0.4) is 0 Å². The van der Waals surface area contributed by atoms with Crippen molar-refractivity contribution in [2.45, 2.75) is 6.92 Å². The van der Waals surface area contributed by atoms with E-state index in [2.05, 4.69) is 12.3 Å². The Kier molecular flexibility index (Phi) is 19.9. The molecule has 0 radical (unpaired) electrons. The summed E-state index contributed by atoms with van der Waals surface area (Å²) >= 11 is 0. The van der Waals surface area contributed by atoms with Crippen LogP contribution in [0.1, 0.15) is 8.35 Å². The van der Waals surface area contributed by atoms with E-state index in [1.54, 1.807) is 6.92 Å². The fourth-order valence-corrected chi connectivity index (χ4v) is 0. The summed E-state index contributed by atoms with van der Waals surface area (Å²) in [5.41, 5.74) is 0. The molecule has 0 spiro atoms. The predicted octanol–water partition coefficient (Wildman–Crippen LogP) is -2.24. The van der Waals surface area contributed by atoms with Gasteiger partial charge in [0.05, 0.1) is 0 Å². The summed E-state index contributed by atoms with van der Waals surface area (Å²) in [5.74, 6) is 2.25. The van der Waals surface area contributed by atoms with Crippen LogP contribution >= 0.6 is 0 Å². The molecule has 4 heavy (non-hydrogen) atoms. The van der Waals surface area contributed by atoms with Crippen LogP contribution in [0, 0.1) is 12.3 Å². The van der Waals surface area contributed by atoms with Crippen LogP contribution < -0.4 is 51.4 Å². The first-order chi connectivity index (χ1) is 1.41. The molecule has 0 saturated carbocycles. The molecule has 0 amide bonds. The van der Waals surface area contributed by atoms with Gasteiger partial charge in [0.15, 0.2) is 0 Å². The molecule has 0 heterocycles. The Bertz CT molecular complexity index is 28.4. The van der Waals surface area contributed by atoms with Crippen LogP contribution in [0.4, 0.5) is 0 Å². The minimum absolute atomic E-state index is 0. The molecule has 1 heteroatoms. The largest absolute Gasteiger partial charge is 1.00 e. The van der Waals surface area contributed by atoms with Crippen molar-refractivity contribution in [1.82, 2.24) is 0 Å². The third-order valence-corrected chi connectivity index (χ3v) is 0. The van der Waals surface area contributed by atoms with E-state index in [0.29, 0.717) is 0 Å². The minimum atomic E-state index is 0. The maximum atomic E-state index is 4.60. The molecule has 0 bridgehead atoms. The topological polar surface area (TPSA) is 0 Å². The maximum Gasteiger partial charge on any atom is 1.00 e. The van der Waals surface area contributed by atoms with Crippen LogP contribution in [0.25, 0.3) is 0 Å². The Morgan fingerprint density at radius 2 is 2.00 bits per heavy atom. The van der Waals surface area contributed by atoms with Gasteiger partial charge in [-0.05, 0) is 6.92 Å². The van der Waals surface area contributed by atoms with Crippen molar-refractivity contribution in [3.8, 4) is 12.3 Å². The molecule has 0 N–H and O–H groups in total.